The molecule has 3 rings (SSSR count). The summed E-state index contributed by atoms with van der Waals surface area (Å²) in [6.07, 6.45) is -0.797. The van der Waals surface area contributed by atoms with Crippen LogP contribution in [-0.2, 0) is 9.53 Å². The Hall–Kier alpha value is -3.61. The van der Waals surface area contributed by atoms with Gasteiger partial charge in [-0.1, -0.05) is 0 Å². The van der Waals surface area contributed by atoms with Crippen LogP contribution in [0.2, 0.25) is 0 Å². The SMILES string of the molecule is COC(=O)c1ccc(NC(=O)C(C)Oc2ccc3c(C)cc(=O)oc3c2)cc1. The van der Waals surface area contributed by atoms with Crippen molar-refractivity contribution in [1.29, 1.82) is 0 Å². The normalized spacial score (nSPS) is 11.7. The zero-order valence-electron chi connectivity index (χ0n) is 15.6. The zero-order valence-corrected chi connectivity index (χ0v) is 15.6. The lowest BCUT2D eigenvalue weighted by Crippen LogP contribution is -2.30. The van der Waals surface area contributed by atoms with Crippen LogP contribution in [0.3, 0.4) is 0 Å². The Bertz CT molecular complexity index is 1080. The lowest BCUT2D eigenvalue weighted by Gasteiger charge is -2.15. The van der Waals surface area contributed by atoms with Crippen LogP contribution < -0.4 is 15.7 Å². The molecule has 0 aliphatic heterocycles. The van der Waals surface area contributed by atoms with Crippen LogP contribution in [0, 0.1) is 6.92 Å². The van der Waals surface area contributed by atoms with E-state index in [-0.39, 0.29) is 5.91 Å². The van der Waals surface area contributed by atoms with Crippen molar-refractivity contribution in [2.45, 2.75) is 20.0 Å². The molecule has 0 saturated carbocycles. The summed E-state index contributed by atoms with van der Waals surface area (Å²) in [6.45, 7) is 3.43. The number of carbonyl (C=O) groups is 2. The highest BCUT2D eigenvalue weighted by atomic mass is 16.5. The van der Waals surface area contributed by atoms with Crippen molar-refractivity contribution in [2.75, 3.05) is 12.4 Å². The molecular weight excluding hydrogens is 362 g/mol. The maximum absolute atomic E-state index is 12.4. The molecule has 7 nitrogen and oxygen atoms in total. The largest absolute Gasteiger partial charge is 0.481 e. The molecule has 1 unspecified atom stereocenters. The third kappa shape index (κ3) is 4.20. The Morgan fingerprint density at radius 2 is 1.79 bits per heavy atom. The summed E-state index contributed by atoms with van der Waals surface area (Å²) in [7, 11) is 1.30. The summed E-state index contributed by atoms with van der Waals surface area (Å²) in [5.41, 5.74) is 1.67. The van der Waals surface area contributed by atoms with Gasteiger partial charge >= 0.3 is 11.6 Å². The Kier molecular flexibility index (Phi) is 5.44. The van der Waals surface area contributed by atoms with Gasteiger partial charge in [-0.3, -0.25) is 4.79 Å². The number of esters is 1. The number of aryl methyl sites for hydroxylation is 1. The predicted octanol–water partition coefficient (Wildman–Crippen LogP) is 3.29. The van der Waals surface area contributed by atoms with Crippen molar-refractivity contribution in [2.24, 2.45) is 0 Å². The fourth-order valence-electron chi connectivity index (χ4n) is 2.69. The van der Waals surface area contributed by atoms with E-state index in [1.165, 1.54) is 13.2 Å². The summed E-state index contributed by atoms with van der Waals surface area (Å²) in [4.78, 5) is 35.3. The lowest BCUT2D eigenvalue weighted by molar-refractivity contribution is -0.122. The average Bonchev–Trinajstić information content (AvgIpc) is 2.67. The van der Waals surface area contributed by atoms with Gasteiger partial charge in [-0.25, -0.2) is 9.59 Å². The molecule has 1 aromatic heterocycles. The molecule has 7 heteroatoms. The molecule has 144 valence electrons. The molecule has 0 radical (unpaired) electrons. The third-order valence-corrected chi connectivity index (χ3v) is 4.18. The van der Waals surface area contributed by atoms with Gasteiger partial charge in [0.2, 0.25) is 0 Å². The number of fused-ring (bicyclic) bond motifs is 1. The molecule has 0 bridgehead atoms. The van der Waals surface area contributed by atoms with E-state index in [2.05, 4.69) is 10.1 Å². The number of hydrogen-bond acceptors (Lipinski definition) is 6. The van der Waals surface area contributed by atoms with Gasteiger partial charge in [0.25, 0.3) is 5.91 Å². The minimum absolute atomic E-state index is 0.364. The number of amides is 1. The highest BCUT2D eigenvalue weighted by Gasteiger charge is 2.16. The molecule has 3 aromatic rings. The van der Waals surface area contributed by atoms with Crippen LogP contribution in [0.5, 0.6) is 5.75 Å². The standard InChI is InChI=1S/C21H19NO6/c1-12-10-19(23)28-18-11-16(8-9-17(12)18)27-13(2)20(24)22-15-6-4-14(5-7-15)21(25)26-3/h4-11,13H,1-3H3,(H,22,24). The summed E-state index contributed by atoms with van der Waals surface area (Å²) in [5, 5.41) is 3.51. The number of benzene rings is 2. The van der Waals surface area contributed by atoms with Crippen molar-refractivity contribution in [3.63, 3.8) is 0 Å². The second-order valence-corrected chi connectivity index (χ2v) is 6.22. The first kappa shape index (κ1) is 19.2. The maximum Gasteiger partial charge on any atom is 0.337 e. The second kappa shape index (κ2) is 7.96. The molecule has 1 heterocycles. The minimum atomic E-state index is -0.797. The molecule has 0 aliphatic carbocycles. The van der Waals surface area contributed by atoms with E-state index in [0.29, 0.717) is 22.6 Å². The number of anilines is 1. The van der Waals surface area contributed by atoms with Gasteiger partial charge in [0.1, 0.15) is 11.3 Å². The fourth-order valence-corrected chi connectivity index (χ4v) is 2.69. The molecule has 1 N–H and O–H groups in total. The van der Waals surface area contributed by atoms with Gasteiger partial charge in [0.15, 0.2) is 6.10 Å². The van der Waals surface area contributed by atoms with Crippen molar-refractivity contribution in [3.05, 3.63) is 70.1 Å². The van der Waals surface area contributed by atoms with Gasteiger partial charge in [0, 0.05) is 23.2 Å². The minimum Gasteiger partial charge on any atom is -0.481 e. The lowest BCUT2D eigenvalue weighted by atomic mass is 10.1. The van der Waals surface area contributed by atoms with Crippen LogP contribution >= 0.6 is 0 Å². The number of carbonyl (C=O) groups excluding carboxylic acids is 2. The number of methoxy groups -OCH3 is 1. The van der Waals surface area contributed by atoms with E-state index in [9.17, 15) is 14.4 Å². The smallest absolute Gasteiger partial charge is 0.337 e. The number of ether oxygens (including phenoxy) is 2. The summed E-state index contributed by atoms with van der Waals surface area (Å²) >= 11 is 0. The van der Waals surface area contributed by atoms with E-state index >= 15 is 0 Å². The first-order valence-corrected chi connectivity index (χ1v) is 8.58. The van der Waals surface area contributed by atoms with Crippen molar-refractivity contribution >= 4 is 28.5 Å². The van der Waals surface area contributed by atoms with Crippen molar-refractivity contribution in [1.82, 2.24) is 0 Å². The Labute approximate surface area is 160 Å². The first-order chi connectivity index (χ1) is 13.4. The van der Waals surface area contributed by atoms with E-state index < -0.39 is 17.7 Å². The van der Waals surface area contributed by atoms with Crippen LogP contribution in [0.15, 0.2) is 57.7 Å². The van der Waals surface area contributed by atoms with Crippen LogP contribution in [-0.4, -0.2) is 25.1 Å². The van der Waals surface area contributed by atoms with Gasteiger partial charge in [-0.05, 0) is 55.8 Å². The van der Waals surface area contributed by atoms with E-state index in [1.54, 1.807) is 49.4 Å². The topological polar surface area (TPSA) is 94.8 Å². The summed E-state index contributed by atoms with van der Waals surface area (Å²) < 4.78 is 15.5. The maximum atomic E-state index is 12.4. The quantitative estimate of drug-likeness (QED) is 0.538. The summed E-state index contributed by atoms with van der Waals surface area (Å²) in [5.74, 6) is -0.408. The molecule has 1 atom stereocenters. The molecule has 0 aliphatic rings. The van der Waals surface area contributed by atoms with Gasteiger partial charge < -0.3 is 19.2 Å². The fraction of sp³-hybridized carbons (Fsp3) is 0.190. The van der Waals surface area contributed by atoms with Crippen LogP contribution in [0.4, 0.5) is 5.69 Å². The monoisotopic (exact) mass is 381 g/mol. The van der Waals surface area contributed by atoms with Crippen LogP contribution in [0.1, 0.15) is 22.8 Å². The molecule has 1 amide bonds. The predicted molar refractivity (Wildman–Crippen MR) is 104 cm³/mol. The molecular formula is C21H19NO6. The number of nitrogens with one attached hydrogen (secondary N) is 1. The molecule has 2 aromatic carbocycles. The second-order valence-electron chi connectivity index (χ2n) is 6.22. The highest BCUT2D eigenvalue weighted by molar-refractivity contribution is 5.95. The average molecular weight is 381 g/mol. The number of rotatable bonds is 5. The molecule has 0 saturated heterocycles. The third-order valence-electron chi connectivity index (χ3n) is 4.18. The van der Waals surface area contributed by atoms with E-state index in [1.807, 2.05) is 6.92 Å². The van der Waals surface area contributed by atoms with Crippen molar-refractivity contribution < 1.29 is 23.5 Å². The molecule has 0 fully saturated rings. The van der Waals surface area contributed by atoms with Gasteiger partial charge in [-0.15, -0.1) is 0 Å². The Morgan fingerprint density at radius 3 is 2.46 bits per heavy atom. The van der Waals surface area contributed by atoms with E-state index in [0.717, 1.165) is 10.9 Å². The first-order valence-electron chi connectivity index (χ1n) is 8.58. The van der Waals surface area contributed by atoms with Gasteiger partial charge in [-0.2, -0.15) is 0 Å². The highest BCUT2D eigenvalue weighted by Crippen LogP contribution is 2.23. The van der Waals surface area contributed by atoms with Crippen LogP contribution in [0.25, 0.3) is 11.0 Å². The zero-order chi connectivity index (χ0) is 20.3. The molecule has 0 spiro atoms. The molecule has 28 heavy (non-hydrogen) atoms. The van der Waals surface area contributed by atoms with Crippen molar-refractivity contribution in [3.8, 4) is 5.75 Å². The number of hydrogen-bond donors (Lipinski definition) is 1. The Morgan fingerprint density at radius 1 is 1.07 bits per heavy atom. The summed E-state index contributed by atoms with van der Waals surface area (Å²) in [6, 6.07) is 12.8. The van der Waals surface area contributed by atoms with Gasteiger partial charge in [0.05, 0.1) is 12.7 Å². The van der Waals surface area contributed by atoms with E-state index in [4.69, 9.17) is 9.15 Å². The Balaban J connectivity index is 1.69.